The molecular weight excluding hydrogens is 264 g/mol. The van der Waals surface area contributed by atoms with Crippen molar-refractivity contribution < 1.29 is 0 Å². The van der Waals surface area contributed by atoms with E-state index in [4.69, 9.17) is 18.0 Å². The monoisotopic (exact) mass is 292 g/mol. The molecule has 20 heavy (non-hydrogen) atoms. The Hall–Kier alpha value is -1.09. The zero-order chi connectivity index (χ0) is 15.2. The average molecular weight is 292 g/mol. The number of hydrogen-bond donors (Lipinski definition) is 2. The first-order valence-electron chi connectivity index (χ1n) is 7.50. The molecule has 0 saturated heterocycles. The quantitative estimate of drug-likeness (QED) is 0.541. The van der Waals surface area contributed by atoms with Crippen LogP contribution >= 0.6 is 12.2 Å². The van der Waals surface area contributed by atoms with Crippen LogP contribution < -0.4 is 11.1 Å². The fraction of sp³-hybridized carbons (Fsp3) is 0.588. The molecule has 3 heteroatoms. The van der Waals surface area contributed by atoms with Gasteiger partial charge in [0.15, 0.2) is 0 Å². The lowest BCUT2D eigenvalue weighted by Gasteiger charge is -2.27. The smallest absolute Gasteiger partial charge is 0.106 e. The van der Waals surface area contributed by atoms with E-state index >= 15 is 0 Å². The number of unbranched alkanes of at least 4 members (excludes halogenated alkanes) is 2. The molecule has 2 nitrogen and oxygen atoms in total. The van der Waals surface area contributed by atoms with Crippen LogP contribution in [0, 0.1) is 12.3 Å². The van der Waals surface area contributed by atoms with Crippen LogP contribution in [0.4, 0.5) is 5.69 Å². The van der Waals surface area contributed by atoms with Gasteiger partial charge in [0.2, 0.25) is 0 Å². The third-order valence-electron chi connectivity index (χ3n) is 3.74. The second kappa shape index (κ2) is 7.63. The predicted molar refractivity (Wildman–Crippen MR) is 93.5 cm³/mol. The number of benzene rings is 1. The third kappa shape index (κ3) is 5.12. The molecule has 0 aliphatic carbocycles. The summed E-state index contributed by atoms with van der Waals surface area (Å²) in [6, 6.07) is 6.08. The van der Waals surface area contributed by atoms with Gasteiger partial charge in [-0.3, -0.25) is 0 Å². The molecule has 0 aromatic heterocycles. The number of hydrogen-bond acceptors (Lipinski definition) is 2. The summed E-state index contributed by atoms with van der Waals surface area (Å²) in [7, 11) is 0. The van der Waals surface area contributed by atoms with Gasteiger partial charge in [-0.15, -0.1) is 0 Å². The van der Waals surface area contributed by atoms with Crippen molar-refractivity contribution in [2.45, 2.75) is 53.4 Å². The van der Waals surface area contributed by atoms with E-state index in [9.17, 15) is 0 Å². The Morgan fingerprint density at radius 2 is 2.00 bits per heavy atom. The number of rotatable bonds is 8. The van der Waals surface area contributed by atoms with E-state index < -0.39 is 0 Å². The van der Waals surface area contributed by atoms with Gasteiger partial charge in [-0.05, 0) is 30.4 Å². The van der Waals surface area contributed by atoms with Crippen molar-refractivity contribution in [1.29, 1.82) is 0 Å². The normalized spacial score (nSPS) is 11.4. The zero-order valence-corrected chi connectivity index (χ0v) is 14.1. The Kier molecular flexibility index (Phi) is 6.47. The van der Waals surface area contributed by atoms with Gasteiger partial charge >= 0.3 is 0 Å². The standard InChI is InChI=1S/C17H28N2S/c1-5-6-7-11-17(3,4)12-19-15-13(2)9-8-10-14(15)16(18)20/h8-10,19H,5-7,11-12H2,1-4H3,(H2,18,20). The number of anilines is 1. The van der Waals surface area contributed by atoms with Crippen molar-refractivity contribution in [3.05, 3.63) is 29.3 Å². The van der Waals surface area contributed by atoms with Crippen molar-refractivity contribution >= 4 is 22.9 Å². The molecule has 3 N–H and O–H groups in total. The molecule has 0 radical (unpaired) electrons. The zero-order valence-electron chi connectivity index (χ0n) is 13.3. The molecule has 0 atom stereocenters. The SMILES string of the molecule is CCCCCC(C)(C)CNc1c(C)cccc1C(N)=S. The fourth-order valence-electron chi connectivity index (χ4n) is 2.38. The minimum absolute atomic E-state index is 0.283. The molecule has 0 saturated carbocycles. The Balaban J connectivity index is 2.72. The predicted octanol–water partition coefficient (Wildman–Crippen LogP) is 4.65. The van der Waals surface area contributed by atoms with E-state index in [0.29, 0.717) is 4.99 Å². The Labute approximate surface area is 129 Å². The van der Waals surface area contributed by atoms with E-state index in [1.807, 2.05) is 12.1 Å². The summed E-state index contributed by atoms with van der Waals surface area (Å²) in [6.07, 6.45) is 5.11. The highest BCUT2D eigenvalue weighted by atomic mass is 32.1. The van der Waals surface area contributed by atoms with Crippen molar-refractivity contribution in [1.82, 2.24) is 0 Å². The number of nitrogens with two attached hydrogens (primary N) is 1. The van der Waals surface area contributed by atoms with Crippen LogP contribution in [0.15, 0.2) is 18.2 Å². The lowest BCUT2D eigenvalue weighted by molar-refractivity contribution is 0.342. The number of aryl methyl sites for hydroxylation is 1. The maximum Gasteiger partial charge on any atom is 0.106 e. The maximum absolute atomic E-state index is 5.81. The molecule has 0 unspecified atom stereocenters. The van der Waals surface area contributed by atoms with Crippen molar-refractivity contribution in [3.63, 3.8) is 0 Å². The third-order valence-corrected chi connectivity index (χ3v) is 3.96. The summed E-state index contributed by atoms with van der Waals surface area (Å²) in [5.41, 5.74) is 9.32. The van der Waals surface area contributed by atoms with Gasteiger partial charge in [-0.25, -0.2) is 0 Å². The molecule has 112 valence electrons. The van der Waals surface area contributed by atoms with Gasteiger partial charge in [-0.2, -0.15) is 0 Å². The van der Waals surface area contributed by atoms with Crippen molar-refractivity contribution in [2.75, 3.05) is 11.9 Å². The fourth-order valence-corrected chi connectivity index (χ4v) is 2.55. The summed E-state index contributed by atoms with van der Waals surface area (Å²) in [5, 5.41) is 3.56. The molecule has 0 aliphatic heterocycles. The number of thiocarbonyl (C=S) groups is 1. The Morgan fingerprint density at radius 3 is 2.60 bits per heavy atom. The lowest BCUT2D eigenvalue weighted by Crippen LogP contribution is -2.25. The minimum atomic E-state index is 0.283. The van der Waals surface area contributed by atoms with Crippen LogP contribution in [-0.2, 0) is 0 Å². The highest BCUT2D eigenvalue weighted by Crippen LogP contribution is 2.27. The van der Waals surface area contributed by atoms with Crippen molar-refractivity contribution in [2.24, 2.45) is 11.1 Å². The number of nitrogens with one attached hydrogen (secondary N) is 1. The molecule has 0 heterocycles. The van der Waals surface area contributed by atoms with E-state index in [-0.39, 0.29) is 5.41 Å². The Morgan fingerprint density at radius 1 is 1.30 bits per heavy atom. The molecule has 0 fully saturated rings. The Bertz CT molecular complexity index is 452. The van der Waals surface area contributed by atoms with Gasteiger partial charge in [-0.1, -0.05) is 64.4 Å². The minimum Gasteiger partial charge on any atom is -0.389 e. The molecule has 0 aliphatic rings. The topological polar surface area (TPSA) is 38.0 Å². The van der Waals surface area contributed by atoms with Crippen LogP contribution in [0.25, 0.3) is 0 Å². The molecule has 0 spiro atoms. The maximum atomic E-state index is 5.81. The molecular formula is C17H28N2S. The molecule has 0 amide bonds. The summed E-state index contributed by atoms with van der Waals surface area (Å²) in [4.78, 5) is 0.458. The summed E-state index contributed by atoms with van der Waals surface area (Å²) >= 11 is 5.14. The highest BCUT2D eigenvalue weighted by Gasteiger charge is 2.18. The first-order valence-corrected chi connectivity index (χ1v) is 7.91. The summed E-state index contributed by atoms with van der Waals surface area (Å²) in [5.74, 6) is 0. The van der Waals surface area contributed by atoms with E-state index in [0.717, 1.165) is 17.8 Å². The van der Waals surface area contributed by atoms with Gasteiger partial charge in [0.1, 0.15) is 4.99 Å². The molecule has 1 rings (SSSR count). The van der Waals surface area contributed by atoms with Gasteiger partial charge < -0.3 is 11.1 Å². The largest absolute Gasteiger partial charge is 0.389 e. The first-order chi connectivity index (χ1) is 9.37. The summed E-state index contributed by atoms with van der Waals surface area (Å²) < 4.78 is 0. The van der Waals surface area contributed by atoms with Crippen LogP contribution in [0.1, 0.15) is 57.6 Å². The lowest BCUT2D eigenvalue weighted by atomic mass is 9.86. The van der Waals surface area contributed by atoms with Crippen LogP contribution in [0.5, 0.6) is 0 Å². The van der Waals surface area contributed by atoms with Crippen molar-refractivity contribution in [3.8, 4) is 0 Å². The first kappa shape index (κ1) is 17.0. The second-order valence-corrected chi connectivity index (χ2v) is 6.78. The number of para-hydroxylation sites is 1. The van der Waals surface area contributed by atoms with Crippen LogP contribution in [0.2, 0.25) is 0 Å². The molecule has 1 aromatic carbocycles. The average Bonchev–Trinajstić information content (AvgIpc) is 2.37. The van der Waals surface area contributed by atoms with Crippen LogP contribution in [0.3, 0.4) is 0 Å². The van der Waals surface area contributed by atoms with Gasteiger partial charge in [0.05, 0.1) is 0 Å². The van der Waals surface area contributed by atoms with E-state index in [1.54, 1.807) is 0 Å². The molecule has 1 aromatic rings. The van der Waals surface area contributed by atoms with E-state index in [2.05, 4.69) is 39.1 Å². The van der Waals surface area contributed by atoms with Gasteiger partial charge in [0.25, 0.3) is 0 Å². The molecule has 0 bridgehead atoms. The summed E-state index contributed by atoms with van der Waals surface area (Å²) in [6.45, 7) is 9.90. The van der Waals surface area contributed by atoms with Gasteiger partial charge in [0, 0.05) is 17.8 Å². The second-order valence-electron chi connectivity index (χ2n) is 6.34. The van der Waals surface area contributed by atoms with E-state index in [1.165, 1.54) is 31.2 Å². The highest BCUT2D eigenvalue weighted by molar-refractivity contribution is 7.80. The van der Waals surface area contributed by atoms with Crippen LogP contribution in [-0.4, -0.2) is 11.5 Å².